The Hall–Kier alpha value is -1.41. The highest BCUT2D eigenvalue weighted by Crippen LogP contribution is 2.51. The van der Waals surface area contributed by atoms with E-state index in [1.165, 1.54) is 48.6 Å². The van der Waals surface area contributed by atoms with Crippen LogP contribution in [-0.2, 0) is 0 Å². The van der Waals surface area contributed by atoms with Gasteiger partial charge >= 0.3 is 0 Å². The van der Waals surface area contributed by atoms with Crippen molar-refractivity contribution in [3.05, 3.63) is 42.2 Å². The van der Waals surface area contributed by atoms with E-state index in [0.29, 0.717) is 6.04 Å². The second kappa shape index (κ2) is 5.42. The second-order valence-corrected chi connectivity index (χ2v) is 6.93. The van der Waals surface area contributed by atoms with Crippen LogP contribution in [0.15, 0.2) is 36.5 Å². The van der Waals surface area contributed by atoms with Crippen LogP contribution in [0.1, 0.15) is 43.8 Å². The zero-order chi connectivity index (χ0) is 14.2. The molecule has 2 heteroatoms. The van der Waals surface area contributed by atoms with Crippen molar-refractivity contribution in [3.8, 4) is 0 Å². The maximum Gasteiger partial charge on any atom is 0.0651 e. The predicted molar refractivity (Wildman–Crippen MR) is 87.1 cm³/mol. The van der Waals surface area contributed by atoms with Crippen LogP contribution in [0.4, 0.5) is 0 Å². The van der Waals surface area contributed by atoms with Gasteiger partial charge in [0.25, 0.3) is 0 Å². The van der Waals surface area contributed by atoms with E-state index in [9.17, 15) is 0 Å². The van der Waals surface area contributed by atoms with Gasteiger partial charge in [-0.25, -0.2) is 0 Å². The molecular formula is C19H24N2. The largest absolute Gasteiger partial charge is 0.312 e. The molecule has 2 bridgehead atoms. The third kappa shape index (κ3) is 2.36. The van der Waals surface area contributed by atoms with E-state index in [0.717, 1.165) is 17.8 Å². The Bertz CT molecular complexity index is 631. The lowest BCUT2D eigenvalue weighted by atomic mass is 9.83. The Balaban J connectivity index is 1.62. The molecule has 0 saturated heterocycles. The standard InChI is InChI=1S/C19H24N2/c1-20-18(12-16-11-13-6-7-15(16)10-13)19-17-5-3-2-4-14(17)8-9-21-19/h2-5,8-9,13,15-16,18,20H,6-7,10-12H2,1H3. The molecule has 1 aromatic carbocycles. The van der Waals surface area contributed by atoms with E-state index in [4.69, 9.17) is 4.98 Å². The summed E-state index contributed by atoms with van der Waals surface area (Å²) in [4.78, 5) is 4.72. The fourth-order valence-electron chi connectivity index (χ4n) is 4.75. The van der Waals surface area contributed by atoms with Gasteiger partial charge < -0.3 is 5.32 Å². The van der Waals surface area contributed by atoms with Gasteiger partial charge in [-0.15, -0.1) is 0 Å². The minimum Gasteiger partial charge on any atom is -0.312 e. The highest BCUT2D eigenvalue weighted by atomic mass is 14.9. The number of benzene rings is 1. The van der Waals surface area contributed by atoms with E-state index in [2.05, 4.69) is 42.7 Å². The van der Waals surface area contributed by atoms with Crippen molar-refractivity contribution in [2.24, 2.45) is 17.8 Å². The van der Waals surface area contributed by atoms with Gasteiger partial charge in [-0.05, 0) is 61.9 Å². The number of nitrogens with one attached hydrogen (secondary N) is 1. The zero-order valence-corrected chi connectivity index (χ0v) is 12.8. The van der Waals surface area contributed by atoms with Crippen LogP contribution in [0.5, 0.6) is 0 Å². The third-order valence-corrected chi connectivity index (χ3v) is 5.81. The molecule has 0 spiro atoms. The number of aromatic nitrogens is 1. The molecule has 0 aliphatic heterocycles. The summed E-state index contributed by atoms with van der Waals surface area (Å²) in [5.41, 5.74) is 1.23. The van der Waals surface area contributed by atoms with Crippen LogP contribution >= 0.6 is 0 Å². The Morgan fingerprint density at radius 1 is 1.19 bits per heavy atom. The summed E-state index contributed by atoms with van der Waals surface area (Å²) in [6.07, 6.45) is 9.10. The monoisotopic (exact) mass is 280 g/mol. The van der Waals surface area contributed by atoms with E-state index in [1.807, 2.05) is 6.20 Å². The molecular weight excluding hydrogens is 256 g/mol. The number of pyridine rings is 1. The first kappa shape index (κ1) is 13.3. The first-order valence-electron chi connectivity index (χ1n) is 8.36. The molecule has 2 saturated carbocycles. The lowest BCUT2D eigenvalue weighted by Crippen LogP contribution is -2.23. The third-order valence-electron chi connectivity index (χ3n) is 5.81. The first-order valence-corrected chi connectivity index (χ1v) is 8.36. The van der Waals surface area contributed by atoms with E-state index in [-0.39, 0.29) is 0 Å². The number of rotatable bonds is 4. The maximum atomic E-state index is 4.72. The van der Waals surface area contributed by atoms with Gasteiger partial charge in [-0.2, -0.15) is 0 Å². The summed E-state index contributed by atoms with van der Waals surface area (Å²) in [7, 11) is 2.08. The zero-order valence-electron chi connectivity index (χ0n) is 12.8. The van der Waals surface area contributed by atoms with Crippen LogP contribution in [-0.4, -0.2) is 12.0 Å². The van der Waals surface area contributed by atoms with Gasteiger partial charge in [0, 0.05) is 11.6 Å². The highest BCUT2D eigenvalue weighted by Gasteiger charge is 2.40. The first-order chi connectivity index (χ1) is 10.3. The summed E-state index contributed by atoms with van der Waals surface area (Å²) < 4.78 is 0. The van der Waals surface area contributed by atoms with Crippen molar-refractivity contribution in [1.82, 2.24) is 10.3 Å². The Kier molecular flexibility index (Phi) is 3.42. The number of nitrogens with zero attached hydrogens (tertiary/aromatic N) is 1. The van der Waals surface area contributed by atoms with Gasteiger partial charge in [0.2, 0.25) is 0 Å². The summed E-state index contributed by atoms with van der Waals surface area (Å²) in [6, 6.07) is 11.1. The molecule has 2 aromatic rings. The van der Waals surface area contributed by atoms with Gasteiger partial charge in [0.05, 0.1) is 11.7 Å². The molecule has 2 nitrogen and oxygen atoms in total. The van der Waals surface area contributed by atoms with Gasteiger partial charge in [0.1, 0.15) is 0 Å². The quantitative estimate of drug-likeness (QED) is 0.902. The predicted octanol–water partition coefficient (Wildman–Crippen LogP) is 4.32. The Labute approximate surface area is 127 Å². The lowest BCUT2D eigenvalue weighted by molar-refractivity contribution is 0.283. The van der Waals surface area contributed by atoms with Crippen molar-refractivity contribution in [2.75, 3.05) is 7.05 Å². The van der Waals surface area contributed by atoms with E-state index < -0.39 is 0 Å². The molecule has 2 fully saturated rings. The minimum absolute atomic E-state index is 0.389. The lowest BCUT2D eigenvalue weighted by Gasteiger charge is -2.27. The summed E-state index contributed by atoms with van der Waals surface area (Å²) >= 11 is 0. The maximum absolute atomic E-state index is 4.72. The van der Waals surface area contributed by atoms with Gasteiger partial charge in [-0.1, -0.05) is 30.7 Å². The average Bonchev–Trinajstić information content (AvgIpc) is 3.15. The number of hydrogen-bond donors (Lipinski definition) is 1. The van der Waals surface area contributed by atoms with Crippen LogP contribution in [0.2, 0.25) is 0 Å². The van der Waals surface area contributed by atoms with Crippen LogP contribution < -0.4 is 5.32 Å². The van der Waals surface area contributed by atoms with Crippen molar-refractivity contribution < 1.29 is 0 Å². The minimum atomic E-state index is 0.389. The Morgan fingerprint density at radius 2 is 2.10 bits per heavy atom. The normalized spacial score (nSPS) is 29.1. The number of fused-ring (bicyclic) bond motifs is 3. The van der Waals surface area contributed by atoms with Crippen LogP contribution in [0.25, 0.3) is 10.8 Å². The molecule has 21 heavy (non-hydrogen) atoms. The topological polar surface area (TPSA) is 24.9 Å². The van der Waals surface area contributed by atoms with Gasteiger partial charge in [0.15, 0.2) is 0 Å². The molecule has 110 valence electrons. The number of hydrogen-bond acceptors (Lipinski definition) is 2. The smallest absolute Gasteiger partial charge is 0.0651 e. The highest BCUT2D eigenvalue weighted by molar-refractivity contribution is 5.84. The van der Waals surface area contributed by atoms with Crippen molar-refractivity contribution in [3.63, 3.8) is 0 Å². The molecule has 0 radical (unpaired) electrons. The molecule has 4 atom stereocenters. The van der Waals surface area contributed by atoms with Crippen molar-refractivity contribution >= 4 is 10.8 Å². The summed E-state index contributed by atoms with van der Waals surface area (Å²) in [5, 5.41) is 6.14. The van der Waals surface area contributed by atoms with Gasteiger partial charge in [-0.3, -0.25) is 4.98 Å². The molecule has 1 aromatic heterocycles. The molecule has 1 heterocycles. The summed E-state index contributed by atoms with van der Waals surface area (Å²) in [5.74, 6) is 2.92. The van der Waals surface area contributed by atoms with Crippen molar-refractivity contribution in [1.29, 1.82) is 0 Å². The fraction of sp³-hybridized carbons (Fsp3) is 0.526. The molecule has 4 unspecified atom stereocenters. The Morgan fingerprint density at radius 3 is 2.86 bits per heavy atom. The van der Waals surface area contributed by atoms with E-state index in [1.54, 1.807) is 0 Å². The van der Waals surface area contributed by atoms with Crippen molar-refractivity contribution in [2.45, 2.75) is 38.1 Å². The molecule has 2 aliphatic carbocycles. The van der Waals surface area contributed by atoms with Crippen LogP contribution in [0, 0.1) is 17.8 Å². The summed E-state index contributed by atoms with van der Waals surface area (Å²) in [6.45, 7) is 0. The average molecular weight is 280 g/mol. The molecule has 4 rings (SSSR count). The molecule has 1 N–H and O–H groups in total. The molecule has 2 aliphatic rings. The van der Waals surface area contributed by atoms with Crippen LogP contribution in [0.3, 0.4) is 0 Å². The fourth-order valence-corrected chi connectivity index (χ4v) is 4.75. The van der Waals surface area contributed by atoms with E-state index >= 15 is 0 Å². The second-order valence-electron chi connectivity index (χ2n) is 6.93. The molecule has 0 amide bonds. The SMILES string of the molecule is CNC(CC1CC2CCC1C2)c1nccc2ccccc12.